The van der Waals surface area contributed by atoms with E-state index in [1.165, 1.54) is 12.4 Å². The zero-order valence-corrected chi connectivity index (χ0v) is 11.5. The molecule has 0 saturated heterocycles. The topological polar surface area (TPSA) is 98.2 Å². The van der Waals surface area contributed by atoms with Gasteiger partial charge in [-0.15, -0.1) is 0 Å². The zero-order valence-electron chi connectivity index (χ0n) is 11.5. The zero-order chi connectivity index (χ0) is 14.8. The molecule has 2 heterocycles. The molecule has 0 aliphatic heterocycles. The molecule has 0 aliphatic carbocycles. The summed E-state index contributed by atoms with van der Waals surface area (Å²) in [5.41, 5.74) is 2.37. The van der Waals surface area contributed by atoms with E-state index < -0.39 is 0 Å². The average Bonchev–Trinajstić information content (AvgIpc) is 2.96. The number of imidazole rings is 1. The number of hydrogen-bond donors (Lipinski definition) is 3. The lowest BCUT2D eigenvalue weighted by Crippen LogP contribution is -2.21. The van der Waals surface area contributed by atoms with Crippen LogP contribution in [0.1, 0.15) is 5.56 Å². The number of H-pyrrole nitrogens is 1. The lowest BCUT2D eigenvalue weighted by Gasteiger charge is -2.18. The van der Waals surface area contributed by atoms with Gasteiger partial charge in [-0.1, -0.05) is 6.07 Å². The van der Waals surface area contributed by atoms with Crippen LogP contribution >= 0.6 is 0 Å². The summed E-state index contributed by atoms with van der Waals surface area (Å²) in [7, 11) is 1.93. The van der Waals surface area contributed by atoms with E-state index in [1.54, 1.807) is 18.5 Å². The standard InChI is InChI=1S/C14H15N5O2/c1-19(5-4-9-2-3-10(20)11(21)6-9)14-12-13(16-7-15-12)17-8-18-14/h2-3,6-8,20-21H,4-5H2,1H3,(H,15,16,17,18). The minimum Gasteiger partial charge on any atom is -0.504 e. The first-order chi connectivity index (χ1) is 10.1. The number of nitrogens with one attached hydrogen (secondary N) is 1. The fraction of sp³-hybridized carbons (Fsp3) is 0.214. The molecule has 0 atom stereocenters. The monoisotopic (exact) mass is 285 g/mol. The van der Waals surface area contributed by atoms with Gasteiger partial charge in [0, 0.05) is 13.6 Å². The average molecular weight is 285 g/mol. The number of rotatable bonds is 4. The van der Waals surface area contributed by atoms with Gasteiger partial charge in [-0.2, -0.15) is 0 Å². The summed E-state index contributed by atoms with van der Waals surface area (Å²) in [6, 6.07) is 4.84. The number of hydrogen-bond acceptors (Lipinski definition) is 6. The Kier molecular flexibility index (Phi) is 3.31. The fourth-order valence-corrected chi connectivity index (χ4v) is 2.17. The number of fused-ring (bicyclic) bond motifs is 1. The minimum atomic E-state index is -0.109. The lowest BCUT2D eigenvalue weighted by atomic mass is 10.1. The summed E-state index contributed by atoms with van der Waals surface area (Å²) in [6.07, 6.45) is 3.79. The first-order valence-electron chi connectivity index (χ1n) is 6.51. The molecule has 0 saturated carbocycles. The number of benzene rings is 1. The van der Waals surface area contributed by atoms with E-state index in [-0.39, 0.29) is 11.5 Å². The van der Waals surface area contributed by atoms with Crippen molar-refractivity contribution in [1.29, 1.82) is 0 Å². The van der Waals surface area contributed by atoms with Crippen LogP contribution in [0.5, 0.6) is 11.5 Å². The molecule has 3 aromatic rings. The van der Waals surface area contributed by atoms with Gasteiger partial charge in [0.1, 0.15) is 11.8 Å². The van der Waals surface area contributed by atoms with E-state index >= 15 is 0 Å². The van der Waals surface area contributed by atoms with Gasteiger partial charge in [-0.3, -0.25) is 0 Å². The second-order valence-electron chi connectivity index (χ2n) is 4.79. The molecule has 0 unspecified atom stereocenters. The van der Waals surface area contributed by atoms with Crippen LogP contribution in [0.3, 0.4) is 0 Å². The molecule has 0 bridgehead atoms. The van der Waals surface area contributed by atoms with E-state index in [9.17, 15) is 10.2 Å². The van der Waals surface area contributed by atoms with Gasteiger partial charge in [0.15, 0.2) is 23.0 Å². The van der Waals surface area contributed by atoms with E-state index in [1.807, 2.05) is 11.9 Å². The molecule has 0 amide bonds. The molecule has 7 heteroatoms. The Hall–Kier alpha value is -2.83. The molecule has 1 aromatic carbocycles. The number of anilines is 1. The molecular formula is C14H15N5O2. The van der Waals surface area contributed by atoms with Crippen molar-refractivity contribution in [2.45, 2.75) is 6.42 Å². The fourth-order valence-electron chi connectivity index (χ4n) is 2.17. The Morgan fingerprint density at radius 2 is 2.00 bits per heavy atom. The minimum absolute atomic E-state index is 0.104. The third kappa shape index (κ3) is 2.58. The number of nitrogens with zero attached hydrogens (tertiary/aromatic N) is 4. The van der Waals surface area contributed by atoms with Crippen molar-refractivity contribution in [1.82, 2.24) is 19.9 Å². The van der Waals surface area contributed by atoms with Crippen LogP contribution in [0, 0.1) is 0 Å². The molecule has 3 N–H and O–H groups in total. The number of phenolic OH excluding ortho intramolecular Hbond substituents is 2. The number of aromatic hydroxyl groups is 2. The number of phenols is 2. The third-order valence-corrected chi connectivity index (χ3v) is 3.34. The number of aromatic nitrogens is 4. The molecule has 0 radical (unpaired) electrons. The largest absolute Gasteiger partial charge is 0.504 e. The van der Waals surface area contributed by atoms with Crippen molar-refractivity contribution < 1.29 is 10.2 Å². The Labute approximate surface area is 120 Å². The van der Waals surface area contributed by atoms with Crippen LogP contribution < -0.4 is 4.90 Å². The summed E-state index contributed by atoms with van der Waals surface area (Å²) in [4.78, 5) is 17.5. The highest BCUT2D eigenvalue weighted by Crippen LogP contribution is 2.25. The summed E-state index contributed by atoms with van der Waals surface area (Å²) in [5, 5.41) is 18.8. The van der Waals surface area contributed by atoms with Gasteiger partial charge in [0.05, 0.1) is 6.33 Å². The van der Waals surface area contributed by atoms with Gasteiger partial charge in [-0.25, -0.2) is 15.0 Å². The van der Waals surface area contributed by atoms with Crippen molar-refractivity contribution in [2.24, 2.45) is 0 Å². The van der Waals surface area contributed by atoms with Gasteiger partial charge < -0.3 is 20.1 Å². The second kappa shape index (κ2) is 5.28. The third-order valence-electron chi connectivity index (χ3n) is 3.34. The number of likely N-dealkylation sites (N-methyl/N-ethyl adjacent to an activating group) is 1. The van der Waals surface area contributed by atoms with Crippen LogP contribution in [0.4, 0.5) is 5.82 Å². The van der Waals surface area contributed by atoms with Crippen LogP contribution in [0.2, 0.25) is 0 Å². The Balaban J connectivity index is 1.75. The smallest absolute Gasteiger partial charge is 0.182 e. The normalized spacial score (nSPS) is 10.9. The molecule has 7 nitrogen and oxygen atoms in total. The van der Waals surface area contributed by atoms with Crippen molar-refractivity contribution in [3.63, 3.8) is 0 Å². The van der Waals surface area contributed by atoms with E-state index in [2.05, 4.69) is 19.9 Å². The highest BCUT2D eigenvalue weighted by Gasteiger charge is 2.10. The summed E-state index contributed by atoms with van der Waals surface area (Å²) < 4.78 is 0. The van der Waals surface area contributed by atoms with E-state index in [0.29, 0.717) is 18.6 Å². The molecule has 108 valence electrons. The Morgan fingerprint density at radius 3 is 2.81 bits per heavy atom. The molecule has 0 spiro atoms. The first-order valence-corrected chi connectivity index (χ1v) is 6.51. The maximum atomic E-state index is 9.50. The molecule has 21 heavy (non-hydrogen) atoms. The maximum absolute atomic E-state index is 9.50. The van der Waals surface area contributed by atoms with Crippen molar-refractivity contribution in [3.8, 4) is 11.5 Å². The van der Waals surface area contributed by atoms with E-state index in [0.717, 1.165) is 16.9 Å². The van der Waals surface area contributed by atoms with Crippen LogP contribution in [0.15, 0.2) is 30.9 Å². The molecular weight excluding hydrogens is 270 g/mol. The first kappa shape index (κ1) is 13.2. The van der Waals surface area contributed by atoms with Crippen molar-refractivity contribution in [2.75, 3.05) is 18.5 Å². The highest BCUT2D eigenvalue weighted by atomic mass is 16.3. The van der Waals surface area contributed by atoms with Crippen molar-refractivity contribution >= 4 is 17.0 Å². The Bertz CT molecular complexity index is 771. The summed E-state index contributed by atoms with van der Waals surface area (Å²) in [5.74, 6) is 0.565. The maximum Gasteiger partial charge on any atom is 0.182 e. The van der Waals surface area contributed by atoms with Crippen LogP contribution in [-0.4, -0.2) is 43.7 Å². The Morgan fingerprint density at radius 1 is 1.14 bits per heavy atom. The summed E-state index contributed by atoms with van der Waals surface area (Å²) in [6.45, 7) is 0.704. The predicted molar refractivity (Wildman–Crippen MR) is 78.4 cm³/mol. The van der Waals surface area contributed by atoms with Crippen molar-refractivity contribution in [3.05, 3.63) is 36.4 Å². The quantitative estimate of drug-likeness (QED) is 0.627. The van der Waals surface area contributed by atoms with Gasteiger partial charge in [0.2, 0.25) is 0 Å². The highest BCUT2D eigenvalue weighted by molar-refractivity contribution is 5.82. The predicted octanol–water partition coefficient (Wildman–Crippen LogP) is 1.44. The number of aromatic amines is 1. The second-order valence-corrected chi connectivity index (χ2v) is 4.79. The summed E-state index contributed by atoms with van der Waals surface area (Å²) >= 11 is 0. The van der Waals surface area contributed by atoms with E-state index in [4.69, 9.17) is 0 Å². The SMILES string of the molecule is CN(CCc1ccc(O)c(O)c1)c1ncnc2nc[nH]c12. The lowest BCUT2D eigenvalue weighted by molar-refractivity contribution is 0.403. The van der Waals surface area contributed by atoms with Gasteiger partial charge >= 0.3 is 0 Å². The molecule has 2 aromatic heterocycles. The molecule has 0 aliphatic rings. The molecule has 3 rings (SSSR count). The molecule has 0 fully saturated rings. The van der Waals surface area contributed by atoms with Gasteiger partial charge in [0.25, 0.3) is 0 Å². The van der Waals surface area contributed by atoms with Crippen LogP contribution in [0.25, 0.3) is 11.2 Å². The van der Waals surface area contributed by atoms with Gasteiger partial charge in [-0.05, 0) is 24.1 Å². The van der Waals surface area contributed by atoms with Crippen LogP contribution in [-0.2, 0) is 6.42 Å².